The molecule has 4 N–H and O–H groups in total. The number of H-pyrrole nitrogens is 1. The summed E-state index contributed by atoms with van der Waals surface area (Å²) in [6.45, 7) is 3.07. The van der Waals surface area contributed by atoms with Crippen molar-refractivity contribution in [1.82, 2.24) is 19.5 Å². The molecule has 0 bridgehead atoms. The van der Waals surface area contributed by atoms with Crippen LogP contribution in [0.3, 0.4) is 0 Å². The minimum absolute atomic E-state index is 0.00542. The van der Waals surface area contributed by atoms with Crippen molar-refractivity contribution < 1.29 is 20.1 Å². The van der Waals surface area contributed by atoms with Gasteiger partial charge in [-0.05, 0) is 31.0 Å². The first kappa shape index (κ1) is 17.6. The molecule has 4 rings (SSSR count). The van der Waals surface area contributed by atoms with Gasteiger partial charge in [-0.3, -0.25) is 9.78 Å². The van der Waals surface area contributed by atoms with Crippen LogP contribution in [0.5, 0.6) is 5.75 Å². The van der Waals surface area contributed by atoms with Crippen molar-refractivity contribution in [2.24, 2.45) is 0 Å². The summed E-state index contributed by atoms with van der Waals surface area (Å²) in [5.41, 5.74) is 1.22. The number of hydrogen-bond donors (Lipinski definition) is 4. The van der Waals surface area contributed by atoms with E-state index in [1.165, 1.54) is 0 Å². The van der Waals surface area contributed by atoms with E-state index in [9.17, 15) is 19.8 Å². The van der Waals surface area contributed by atoms with Gasteiger partial charge in [0.15, 0.2) is 11.5 Å². The van der Waals surface area contributed by atoms with Crippen molar-refractivity contribution in [2.45, 2.75) is 38.7 Å². The maximum Gasteiger partial charge on any atom is 0.349 e. The van der Waals surface area contributed by atoms with Crippen LogP contribution in [0.25, 0.3) is 22.6 Å². The molecule has 0 fully saturated rings. The van der Waals surface area contributed by atoms with Crippen LogP contribution in [0.1, 0.15) is 11.1 Å². The minimum Gasteiger partial charge on any atom is -0.483 e. The molecular weight excluding hydrogens is 356 g/mol. The maximum absolute atomic E-state index is 12.2. The van der Waals surface area contributed by atoms with Crippen LogP contribution in [0.2, 0.25) is 0 Å². The van der Waals surface area contributed by atoms with Crippen molar-refractivity contribution in [3.05, 3.63) is 38.0 Å². The zero-order valence-electron chi connectivity index (χ0n) is 14.6. The average Bonchev–Trinajstić information content (AvgIpc) is 2.65. The third kappa shape index (κ3) is 2.60. The van der Waals surface area contributed by atoms with Gasteiger partial charge in [-0.2, -0.15) is 4.98 Å². The Bertz CT molecular complexity index is 1140. The molecule has 0 radical (unpaired) electrons. The molecule has 1 aromatic rings. The topological polar surface area (TPSA) is 151 Å². The largest absolute Gasteiger partial charge is 0.483 e. The van der Waals surface area contributed by atoms with Crippen molar-refractivity contribution in [3.8, 4) is 17.3 Å². The lowest BCUT2D eigenvalue weighted by Gasteiger charge is -2.34. The lowest BCUT2D eigenvalue weighted by molar-refractivity contribution is -0.0738. The van der Waals surface area contributed by atoms with Crippen LogP contribution in [-0.4, -0.2) is 59.8 Å². The van der Waals surface area contributed by atoms with Gasteiger partial charge in [-0.25, -0.2) is 9.78 Å². The number of ether oxygens (including phenoxy) is 1. The fourth-order valence-electron chi connectivity index (χ4n) is 3.38. The smallest absolute Gasteiger partial charge is 0.349 e. The number of nitrogens with zero attached hydrogens (tertiary/aromatic N) is 3. The highest BCUT2D eigenvalue weighted by Gasteiger charge is 2.35. The Morgan fingerprint density at radius 3 is 2.78 bits per heavy atom. The summed E-state index contributed by atoms with van der Waals surface area (Å²) < 4.78 is 7.53. The van der Waals surface area contributed by atoms with Gasteiger partial charge in [0.05, 0.1) is 18.7 Å². The Morgan fingerprint density at radius 2 is 2.07 bits per heavy atom. The number of aryl methyl sites for hydroxylation is 1. The molecule has 0 spiro atoms. The molecule has 142 valence electrons. The van der Waals surface area contributed by atoms with E-state index in [1.54, 1.807) is 10.6 Å². The molecule has 10 nitrogen and oxygen atoms in total. The Balaban J connectivity index is 2.06. The quantitative estimate of drug-likeness (QED) is 0.412. The van der Waals surface area contributed by atoms with E-state index in [4.69, 9.17) is 9.84 Å². The summed E-state index contributed by atoms with van der Waals surface area (Å²) in [4.78, 5) is 34.3. The standard InChI is InChI=1S/C17H18N4O6/c1-6-3-8-12-14(7(6)2)27-10(13(24)9(23)5-22)4-21(12)15-11(18-8)16(25)20-17(26)19-15/h3,9-10,13,22-24H,4-5H2,1-2H3,(H,20,25,26)/t9-,10?,13-/m1/s1. The van der Waals surface area contributed by atoms with E-state index in [1.807, 2.05) is 13.8 Å². The number of hydrogen-bond acceptors (Lipinski definition) is 8. The van der Waals surface area contributed by atoms with Gasteiger partial charge >= 0.3 is 5.69 Å². The Kier molecular flexibility index (Phi) is 3.98. The highest BCUT2D eigenvalue weighted by atomic mass is 16.5. The van der Waals surface area contributed by atoms with Crippen LogP contribution < -0.4 is 16.0 Å². The molecule has 0 aromatic heterocycles. The average molecular weight is 374 g/mol. The summed E-state index contributed by atoms with van der Waals surface area (Å²) in [5, 5.41) is 29.3. The number of aliphatic hydroxyl groups excluding tert-OH is 3. The number of aliphatic hydroxyl groups is 3. The Labute approximate surface area is 152 Å². The summed E-state index contributed by atoms with van der Waals surface area (Å²) in [6.07, 6.45) is -3.71. The first-order valence-corrected chi connectivity index (χ1v) is 8.40. The first-order valence-electron chi connectivity index (χ1n) is 8.40. The van der Waals surface area contributed by atoms with Crippen LogP contribution in [-0.2, 0) is 6.54 Å². The van der Waals surface area contributed by atoms with E-state index in [0.717, 1.165) is 11.1 Å². The molecule has 0 saturated heterocycles. The third-order valence-electron chi connectivity index (χ3n) is 4.95. The Morgan fingerprint density at radius 1 is 1.33 bits per heavy atom. The SMILES string of the molecule is Cc1cc2nc3c(=O)[nH]c(=O)nc-3n3c2c(c1C)OC([C@H](O)[C@H](O)CO)C3. The lowest BCUT2D eigenvalue weighted by atomic mass is 10.0. The minimum atomic E-state index is -1.41. The second-order valence-corrected chi connectivity index (χ2v) is 6.68. The number of benzene rings is 1. The van der Waals surface area contributed by atoms with E-state index < -0.39 is 36.2 Å². The lowest BCUT2D eigenvalue weighted by Crippen LogP contribution is -2.47. The van der Waals surface area contributed by atoms with E-state index in [-0.39, 0.29) is 18.1 Å². The molecule has 3 heterocycles. The summed E-state index contributed by atoms with van der Waals surface area (Å²) in [7, 11) is 0. The van der Waals surface area contributed by atoms with Gasteiger partial charge in [0, 0.05) is 0 Å². The second kappa shape index (κ2) is 6.12. The number of rotatable bonds is 3. The van der Waals surface area contributed by atoms with Gasteiger partial charge < -0.3 is 24.6 Å². The summed E-state index contributed by atoms with van der Waals surface area (Å²) >= 11 is 0. The third-order valence-corrected chi connectivity index (χ3v) is 4.95. The molecule has 10 heteroatoms. The van der Waals surface area contributed by atoms with E-state index in [2.05, 4.69) is 15.0 Å². The van der Waals surface area contributed by atoms with Gasteiger partial charge in [0.2, 0.25) is 0 Å². The van der Waals surface area contributed by atoms with Gasteiger partial charge in [0.25, 0.3) is 5.56 Å². The zero-order chi connectivity index (χ0) is 19.5. The number of aromatic amines is 1. The summed E-state index contributed by atoms with van der Waals surface area (Å²) in [5.74, 6) is 0.495. The molecule has 3 atom stereocenters. The van der Waals surface area contributed by atoms with Crippen LogP contribution in [0, 0.1) is 13.8 Å². The fourth-order valence-corrected chi connectivity index (χ4v) is 3.38. The number of fused-ring (bicyclic) bond motifs is 2. The first-order chi connectivity index (χ1) is 12.8. The Hall–Kier alpha value is -2.82. The molecule has 3 aliphatic heterocycles. The molecular formula is C17H18N4O6. The van der Waals surface area contributed by atoms with Gasteiger partial charge in [-0.15, -0.1) is 0 Å². The molecule has 3 aliphatic rings. The van der Waals surface area contributed by atoms with Crippen LogP contribution in [0.15, 0.2) is 15.7 Å². The monoisotopic (exact) mass is 374 g/mol. The van der Waals surface area contributed by atoms with Crippen molar-refractivity contribution >= 4 is 11.0 Å². The molecule has 1 unspecified atom stereocenters. The highest BCUT2D eigenvalue weighted by molar-refractivity contribution is 5.87. The zero-order valence-corrected chi connectivity index (χ0v) is 14.6. The highest BCUT2D eigenvalue weighted by Crippen LogP contribution is 2.38. The summed E-state index contributed by atoms with van der Waals surface area (Å²) in [6, 6.07) is 1.80. The van der Waals surface area contributed by atoms with Crippen LogP contribution >= 0.6 is 0 Å². The molecule has 0 amide bonds. The molecule has 1 aromatic carbocycles. The predicted molar refractivity (Wildman–Crippen MR) is 94.0 cm³/mol. The second-order valence-electron chi connectivity index (χ2n) is 6.68. The molecule has 27 heavy (non-hydrogen) atoms. The number of nitrogens with one attached hydrogen (secondary N) is 1. The molecule has 0 saturated carbocycles. The fraction of sp³-hybridized carbons (Fsp3) is 0.412. The van der Waals surface area contributed by atoms with E-state index >= 15 is 0 Å². The van der Waals surface area contributed by atoms with Crippen molar-refractivity contribution in [2.75, 3.05) is 6.61 Å². The van der Waals surface area contributed by atoms with E-state index in [0.29, 0.717) is 16.8 Å². The normalized spacial score (nSPS) is 18.5. The predicted octanol–water partition coefficient (Wildman–Crippen LogP) is -1.32. The van der Waals surface area contributed by atoms with Gasteiger partial charge in [-0.1, -0.05) is 0 Å². The van der Waals surface area contributed by atoms with Gasteiger partial charge in [0.1, 0.15) is 29.6 Å². The molecule has 0 aliphatic carbocycles. The maximum atomic E-state index is 12.2. The number of aromatic nitrogens is 4. The van der Waals surface area contributed by atoms with Crippen molar-refractivity contribution in [1.29, 1.82) is 0 Å². The van der Waals surface area contributed by atoms with Crippen molar-refractivity contribution in [3.63, 3.8) is 0 Å². The van der Waals surface area contributed by atoms with Crippen LogP contribution in [0.4, 0.5) is 0 Å².